The molecule has 1 heterocycles. The van der Waals surface area contributed by atoms with E-state index in [4.69, 9.17) is 0 Å². The Kier molecular flexibility index (Phi) is 4.38. The summed E-state index contributed by atoms with van der Waals surface area (Å²) in [7, 11) is 0. The third-order valence-corrected chi connectivity index (χ3v) is 4.91. The molecular formula is C17H27F2N. The largest absolute Gasteiger partial charge is 0.295 e. The lowest BCUT2D eigenvalue weighted by Crippen LogP contribution is -2.58. The van der Waals surface area contributed by atoms with Gasteiger partial charge in [-0.05, 0) is 64.6 Å². The normalized spacial score (nSPS) is 36.0. The second-order valence-electron chi connectivity index (χ2n) is 7.56. The number of rotatable bonds is 2. The Morgan fingerprint density at radius 1 is 1.40 bits per heavy atom. The maximum Gasteiger partial charge on any atom is 0.118 e. The van der Waals surface area contributed by atoms with Gasteiger partial charge in [0.2, 0.25) is 0 Å². The van der Waals surface area contributed by atoms with Gasteiger partial charge in [-0.1, -0.05) is 13.0 Å². The first-order valence-electron chi connectivity index (χ1n) is 7.64. The van der Waals surface area contributed by atoms with Crippen LogP contribution in [0.1, 0.15) is 47.0 Å². The van der Waals surface area contributed by atoms with Crippen LogP contribution < -0.4 is 0 Å². The molecule has 1 aliphatic heterocycles. The first-order valence-corrected chi connectivity index (χ1v) is 7.64. The van der Waals surface area contributed by atoms with Gasteiger partial charge < -0.3 is 0 Å². The summed E-state index contributed by atoms with van der Waals surface area (Å²) in [6.45, 7) is 9.50. The Morgan fingerprint density at radius 3 is 2.60 bits per heavy atom. The highest BCUT2D eigenvalue weighted by Gasteiger charge is 2.44. The van der Waals surface area contributed by atoms with Crippen molar-refractivity contribution < 1.29 is 8.78 Å². The molecule has 0 amide bonds. The van der Waals surface area contributed by atoms with Crippen molar-refractivity contribution in [1.82, 2.24) is 4.90 Å². The SMILES string of the molecule is CC1([C@H]2C[C@@H](CF)CCN2C(C)(C)C)C=CC(F)=CC1. The molecule has 0 bridgehead atoms. The van der Waals surface area contributed by atoms with Gasteiger partial charge in [0.1, 0.15) is 5.83 Å². The van der Waals surface area contributed by atoms with Gasteiger partial charge in [0.15, 0.2) is 0 Å². The maximum absolute atomic E-state index is 13.3. The number of alkyl halides is 1. The number of allylic oxidation sites excluding steroid dienone is 3. The molecule has 0 N–H and O–H groups in total. The molecule has 0 radical (unpaired) electrons. The van der Waals surface area contributed by atoms with Gasteiger partial charge in [0.25, 0.3) is 0 Å². The fraction of sp³-hybridized carbons (Fsp3) is 0.765. The van der Waals surface area contributed by atoms with Crippen LogP contribution in [0.25, 0.3) is 0 Å². The summed E-state index contributed by atoms with van der Waals surface area (Å²) in [6, 6.07) is 0.276. The molecule has 114 valence electrons. The van der Waals surface area contributed by atoms with E-state index < -0.39 is 0 Å². The lowest BCUT2D eigenvalue weighted by molar-refractivity contribution is -0.0217. The predicted molar refractivity (Wildman–Crippen MR) is 80.0 cm³/mol. The van der Waals surface area contributed by atoms with E-state index in [-0.39, 0.29) is 35.4 Å². The van der Waals surface area contributed by atoms with Crippen molar-refractivity contribution in [3.63, 3.8) is 0 Å². The smallest absolute Gasteiger partial charge is 0.118 e. The van der Waals surface area contributed by atoms with Crippen molar-refractivity contribution in [2.45, 2.75) is 58.5 Å². The summed E-state index contributed by atoms with van der Waals surface area (Å²) in [5.41, 5.74) is -0.0424. The summed E-state index contributed by atoms with van der Waals surface area (Å²) in [5.74, 6) is 0.00205. The molecule has 0 spiro atoms. The van der Waals surface area contributed by atoms with E-state index in [0.717, 1.165) is 19.4 Å². The topological polar surface area (TPSA) is 3.24 Å². The van der Waals surface area contributed by atoms with Gasteiger partial charge in [-0.3, -0.25) is 9.29 Å². The third-order valence-electron chi connectivity index (χ3n) is 4.91. The second-order valence-corrected chi connectivity index (χ2v) is 7.56. The zero-order valence-electron chi connectivity index (χ0n) is 13.1. The number of piperidine rings is 1. The molecule has 1 fully saturated rings. The summed E-state index contributed by atoms with van der Waals surface area (Å²) >= 11 is 0. The second kappa shape index (κ2) is 5.59. The number of likely N-dealkylation sites (tertiary alicyclic amines) is 1. The molecule has 1 unspecified atom stereocenters. The number of hydrogen-bond acceptors (Lipinski definition) is 1. The van der Waals surface area contributed by atoms with Crippen molar-refractivity contribution in [3.8, 4) is 0 Å². The van der Waals surface area contributed by atoms with Crippen LogP contribution in [-0.4, -0.2) is 29.7 Å². The van der Waals surface area contributed by atoms with E-state index in [0.29, 0.717) is 6.42 Å². The molecule has 1 saturated heterocycles. The van der Waals surface area contributed by atoms with Crippen LogP contribution >= 0.6 is 0 Å². The Morgan fingerprint density at radius 2 is 2.10 bits per heavy atom. The molecule has 0 aromatic rings. The molecule has 2 rings (SSSR count). The Bertz CT molecular complexity index is 408. The van der Waals surface area contributed by atoms with E-state index in [2.05, 4.69) is 32.6 Å². The summed E-state index contributed by atoms with van der Waals surface area (Å²) in [4.78, 5) is 2.49. The molecule has 3 atom stereocenters. The molecule has 2 aliphatic rings. The average molecular weight is 283 g/mol. The lowest BCUT2D eigenvalue weighted by atomic mass is 9.70. The van der Waals surface area contributed by atoms with E-state index >= 15 is 0 Å². The Hall–Kier alpha value is -0.700. The van der Waals surface area contributed by atoms with E-state index in [1.165, 1.54) is 0 Å². The minimum absolute atomic E-state index is 0.0580. The highest BCUT2D eigenvalue weighted by molar-refractivity contribution is 5.23. The first-order chi connectivity index (χ1) is 9.26. The number of halogens is 2. The molecule has 20 heavy (non-hydrogen) atoms. The molecule has 0 aromatic heterocycles. The minimum atomic E-state index is -0.238. The van der Waals surface area contributed by atoms with Gasteiger partial charge in [-0.15, -0.1) is 0 Å². The van der Waals surface area contributed by atoms with Crippen molar-refractivity contribution >= 4 is 0 Å². The Balaban J connectivity index is 2.25. The van der Waals surface area contributed by atoms with E-state index in [1.807, 2.05) is 6.08 Å². The van der Waals surface area contributed by atoms with Crippen molar-refractivity contribution in [2.24, 2.45) is 11.3 Å². The van der Waals surface area contributed by atoms with Gasteiger partial charge in [0.05, 0.1) is 6.67 Å². The number of hydrogen-bond donors (Lipinski definition) is 0. The van der Waals surface area contributed by atoms with Crippen molar-refractivity contribution in [1.29, 1.82) is 0 Å². The van der Waals surface area contributed by atoms with Crippen LogP contribution in [0.5, 0.6) is 0 Å². The first kappa shape index (κ1) is 15.7. The predicted octanol–water partition coefficient (Wildman–Crippen LogP) is 4.65. The minimum Gasteiger partial charge on any atom is -0.295 e. The van der Waals surface area contributed by atoms with Crippen LogP contribution in [0.3, 0.4) is 0 Å². The van der Waals surface area contributed by atoms with Gasteiger partial charge in [-0.2, -0.15) is 0 Å². The standard InChI is InChI=1S/C17H27F2N/c1-16(2,3)20-10-7-13(12-18)11-15(20)17(4)8-5-14(19)6-9-17/h5-6,8,13,15H,7,9-12H2,1-4H3/t13-,15+,17?/m0/s1. The monoisotopic (exact) mass is 283 g/mol. The molecule has 1 aliphatic carbocycles. The fourth-order valence-electron chi connectivity index (χ4n) is 3.58. The van der Waals surface area contributed by atoms with Crippen LogP contribution in [0.15, 0.2) is 24.1 Å². The maximum atomic E-state index is 13.3. The number of nitrogens with zero attached hydrogens (tertiary/aromatic N) is 1. The third kappa shape index (κ3) is 3.13. The van der Waals surface area contributed by atoms with Crippen LogP contribution in [-0.2, 0) is 0 Å². The van der Waals surface area contributed by atoms with Crippen LogP contribution in [0.4, 0.5) is 8.78 Å². The fourth-order valence-corrected chi connectivity index (χ4v) is 3.58. The molecule has 0 saturated carbocycles. The Labute approximate surface area is 121 Å². The quantitative estimate of drug-likeness (QED) is 0.712. The highest BCUT2D eigenvalue weighted by Crippen LogP contribution is 2.43. The molecule has 3 heteroatoms. The molecule has 0 aromatic carbocycles. The molecular weight excluding hydrogens is 256 g/mol. The zero-order chi connectivity index (χ0) is 15.0. The highest BCUT2D eigenvalue weighted by atomic mass is 19.1. The summed E-state index contributed by atoms with van der Waals surface area (Å²) in [6.07, 6.45) is 7.72. The van der Waals surface area contributed by atoms with Crippen molar-refractivity contribution in [2.75, 3.05) is 13.2 Å². The average Bonchev–Trinajstić information content (AvgIpc) is 2.40. The summed E-state index contributed by atoms with van der Waals surface area (Å²) in [5, 5.41) is 0. The van der Waals surface area contributed by atoms with Crippen LogP contribution in [0.2, 0.25) is 0 Å². The van der Waals surface area contributed by atoms with Gasteiger partial charge in [0, 0.05) is 17.0 Å². The van der Waals surface area contributed by atoms with Crippen molar-refractivity contribution in [3.05, 3.63) is 24.1 Å². The molecule has 1 nitrogen and oxygen atoms in total. The van der Waals surface area contributed by atoms with E-state index in [9.17, 15) is 8.78 Å². The van der Waals surface area contributed by atoms with Crippen LogP contribution in [0, 0.1) is 11.3 Å². The van der Waals surface area contributed by atoms with Gasteiger partial charge in [-0.25, -0.2) is 4.39 Å². The van der Waals surface area contributed by atoms with Gasteiger partial charge >= 0.3 is 0 Å². The summed E-state index contributed by atoms with van der Waals surface area (Å²) < 4.78 is 26.4. The zero-order valence-corrected chi connectivity index (χ0v) is 13.1. The lowest BCUT2D eigenvalue weighted by Gasteiger charge is -2.53. The van der Waals surface area contributed by atoms with E-state index in [1.54, 1.807) is 12.2 Å².